The Kier molecular flexibility index (Phi) is 2.93. The maximum atomic E-state index is 8.80. The van der Waals surface area contributed by atoms with Crippen molar-refractivity contribution in [2.45, 2.75) is 12.5 Å². The van der Waals surface area contributed by atoms with Crippen LogP contribution in [-0.2, 0) is 0 Å². The van der Waals surface area contributed by atoms with E-state index in [1.165, 1.54) is 0 Å². The van der Waals surface area contributed by atoms with Gasteiger partial charge in [-0.25, -0.2) is 0 Å². The van der Waals surface area contributed by atoms with Crippen LogP contribution in [0, 0.1) is 0 Å². The molecule has 1 aromatic rings. The maximum Gasteiger partial charge on any atom is 0.142 e. The number of benzene rings is 1. The first-order chi connectivity index (χ1) is 6.79. The zero-order chi connectivity index (χ0) is 9.97. The van der Waals surface area contributed by atoms with Crippen LogP contribution in [0.3, 0.4) is 0 Å². The molecule has 1 aliphatic heterocycles. The summed E-state index contributed by atoms with van der Waals surface area (Å²) < 4.78 is 6.72. The van der Waals surface area contributed by atoms with Crippen LogP contribution >= 0.6 is 15.9 Å². The topological polar surface area (TPSA) is 41.5 Å². The summed E-state index contributed by atoms with van der Waals surface area (Å²) in [6.45, 7) is 0.919. The van der Waals surface area contributed by atoms with E-state index in [0.717, 1.165) is 22.5 Å². The van der Waals surface area contributed by atoms with E-state index in [2.05, 4.69) is 21.2 Å². The normalized spacial score (nSPS) is 19.4. The molecule has 0 spiro atoms. The quantitative estimate of drug-likeness (QED) is 0.852. The van der Waals surface area contributed by atoms with Crippen molar-refractivity contribution in [1.82, 2.24) is 0 Å². The van der Waals surface area contributed by atoms with E-state index in [0.29, 0.717) is 6.42 Å². The van der Waals surface area contributed by atoms with Gasteiger partial charge in [0.1, 0.15) is 11.9 Å². The molecule has 4 heteroatoms. The molecule has 76 valence electrons. The van der Waals surface area contributed by atoms with Gasteiger partial charge in [-0.1, -0.05) is 15.9 Å². The van der Waals surface area contributed by atoms with Crippen molar-refractivity contribution in [1.29, 1.82) is 0 Å². The van der Waals surface area contributed by atoms with Crippen LogP contribution in [0.1, 0.15) is 6.42 Å². The fraction of sp³-hybridized carbons (Fsp3) is 0.400. The lowest BCUT2D eigenvalue weighted by atomic mass is 10.2. The van der Waals surface area contributed by atoms with Gasteiger partial charge in [-0.05, 0) is 18.2 Å². The van der Waals surface area contributed by atoms with Crippen LogP contribution in [-0.4, -0.2) is 24.4 Å². The number of halogens is 1. The number of aliphatic hydroxyl groups excluding tert-OH is 1. The van der Waals surface area contributed by atoms with Crippen molar-refractivity contribution in [2.75, 3.05) is 18.5 Å². The summed E-state index contributed by atoms with van der Waals surface area (Å²) in [5, 5.41) is 12.1. The Hall–Kier alpha value is -0.740. The summed E-state index contributed by atoms with van der Waals surface area (Å²) in [5.74, 6) is 0.859. The molecule has 0 fully saturated rings. The Morgan fingerprint density at radius 1 is 1.57 bits per heavy atom. The Labute approximate surface area is 91.2 Å². The number of rotatable bonds is 2. The zero-order valence-electron chi connectivity index (χ0n) is 7.66. The first kappa shape index (κ1) is 9.80. The van der Waals surface area contributed by atoms with Crippen molar-refractivity contribution >= 4 is 21.6 Å². The Morgan fingerprint density at radius 3 is 3.21 bits per heavy atom. The summed E-state index contributed by atoms with van der Waals surface area (Å²) in [7, 11) is 0. The molecule has 14 heavy (non-hydrogen) atoms. The number of aliphatic hydroxyl groups is 1. The summed E-state index contributed by atoms with van der Waals surface area (Å²) in [6, 6.07) is 5.86. The number of nitrogens with one attached hydrogen (secondary N) is 1. The minimum atomic E-state index is 0.0775. The molecule has 0 radical (unpaired) electrons. The monoisotopic (exact) mass is 257 g/mol. The zero-order valence-corrected chi connectivity index (χ0v) is 9.25. The number of fused-ring (bicyclic) bond motifs is 1. The van der Waals surface area contributed by atoms with Crippen LogP contribution in [0.2, 0.25) is 0 Å². The first-order valence-electron chi connectivity index (χ1n) is 4.60. The van der Waals surface area contributed by atoms with Crippen LogP contribution in [0.4, 0.5) is 5.69 Å². The third kappa shape index (κ3) is 2.01. The highest BCUT2D eigenvalue weighted by molar-refractivity contribution is 9.10. The van der Waals surface area contributed by atoms with Crippen LogP contribution in [0.15, 0.2) is 22.7 Å². The number of hydrogen-bond donors (Lipinski definition) is 2. The first-order valence-corrected chi connectivity index (χ1v) is 5.40. The molecular weight excluding hydrogens is 246 g/mol. The fourth-order valence-corrected chi connectivity index (χ4v) is 1.85. The minimum Gasteiger partial charge on any atom is -0.486 e. The SMILES string of the molecule is OCC[C@H]1CNc2cc(Br)ccc2O1. The molecule has 2 rings (SSSR count). The Balaban J connectivity index is 2.15. The second-order valence-corrected chi connectivity index (χ2v) is 4.19. The average molecular weight is 258 g/mol. The van der Waals surface area contributed by atoms with Gasteiger partial charge >= 0.3 is 0 Å². The van der Waals surface area contributed by atoms with E-state index >= 15 is 0 Å². The van der Waals surface area contributed by atoms with Crippen LogP contribution < -0.4 is 10.1 Å². The van der Waals surface area contributed by atoms with Gasteiger partial charge in [0, 0.05) is 17.5 Å². The minimum absolute atomic E-state index is 0.0775. The fourth-order valence-electron chi connectivity index (χ4n) is 1.49. The van der Waals surface area contributed by atoms with Gasteiger partial charge in [0.25, 0.3) is 0 Å². The summed E-state index contributed by atoms with van der Waals surface area (Å²) in [4.78, 5) is 0. The standard InChI is InChI=1S/C10H12BrNO2/c11-7-1-2-10-9(5-7)12-6-8(14-10)3-4-13/h1-2,5,8,12-13H,3-4,6H2/t8-/m0/s1. The number of hydrogen-bond acceptors (Lipinski definition) is 3. The van der Waals surface area contributed by atoms with E-state index in [1.54, 1.807) is 0 Å². The molecule has 1 aromatic carbocycles. The molecule has 0 aromatic heterocycles. The lowest BCUT2D eigenvalue weighted by molar-refractivity contribution is 0.158. The van der Waals surface area contributed by atoms with Gasteiger partial charge < -0.3 is 15.2 Å². The molecule has 0 aliphatic carbocycles. The molecule has 2 N–H and O–H groups in total. The van der Waals surface area contributed by atoms with E-state index < -0.39 is 0 Å². The summed E-state index contributed by atoms with van der Waals surface area (Å²) in [5.41, 5.74) is 1.01. The highest BCUT2D eigenvalue weighted by atomic mass is 79.9. The third-order valence-electron chi connectivity index (χ3n) is 2.21. The largest absolute Gasteiger partial charge is 0.486 e. The third-order valence-corrected chi connectivity index (χ3v) is 2.70. The molecule has 1 heterocycles. The Bertz CT molecular complexity index is 330. The second kappa shape index (κ2) is 4.19. The maximum absolute atomic E-state index is 8.80. The van der Waals surface area contributed by atoms with Crippen molar-refractivity contribution in [3.63, 3.8) is 0 Å². The van der Waals surface area contributed by atoms with Crippen LogP contribution in [0.5, 0.6) is 5.75 Å². The molecule has 0 saturated carbocycles. The highest BCUT2D eigenvalue weighted by Gasteiger charge is 2.18. The molecule has 0 amide bonds. The van der Waals surface area contributed by atoms with Crippen LogP contribution in [0.25, 0.3) is 0 Å². The van der Waals surface area contributed by atoms with Gasteiger partial charge in [-0.2, -0.15) is 0 Å². The van der Waals surface area contributed by atoms with E-state index in [-0.39, 0.29) is 12.7 Å². The molecule has 0 saturated heterocycles. The van der Waals surface area contributed by atoms with Gasteiger partial charge in [-0.15, -0.1) is 0 Å². The van der Waals surface area contributed by atoms with Crippen molar-refractivity contribution in [3.05, 3.63) is 22.7 Å². The van der Waals surface area contributed by atoms with E-state index in [1.807, 2.05) is 18.2 Å². The molecule has 3 nitrogen and oxygen atoms in total. The summed E-state index contributed by atoms with van der Waals surface area (Å²) in [6.07, 6.45) is 0.747. The average Bonchev–Trinajstić information content (AvgIpc) is 2.19. The summed E-state index contributed by atoms with van der Waals surface area (Å²) >= 11 is 3.40. The molecule has 1 aliphatic rings. The lowest BCUT2D eigenvalue weighted by Crippen LogP contribution is -2.31. The number of anilines is 1. The predicted molar refractivity (Wildman–Crippen MR) is 58.8 cm³/mol. The van der Waals surface area contributed by atoms with Gasteiger partial charge in [0.15, 0.2) is 0 Å². The number of ether oxygens (including phenoxy) is 1. The molecule has 0 unspecified atom stereocenters. The molecule has 1 atom stereocenters. The van der Waals surface area contributed by atoms with Crippen molar-refractivity contribution < 1.29 is 9.84 Å². The van der Waals surface area contributed by atoms with Gasteiger partial charge in [0.05, 0.1) is 12.2 Å². The predicted octanol–water partition coefficient (Wildman–Crippen LogP) is 2.00. The smallest absolute Gasteiger partial charge is 0.142 e. The molecular formula is C10H12BrNO2. The van der Waals surface area contributed by atoms with E-state index in [4.69, 9.17) is 9.84 Å². The van der Waals surface area contributed by atoms with Gasteiger partial charge in [-0.3, -0.25) is 0 Å². The van der Waals surface area contributed by atoms with Crippen molar-refractivity contribution in [3.8, 4) is 5.75 Å². The van der Waals surface area contributed by atoms with Crippen molar-refractivity contribution in [2.24, 2.45) is 0 Å². The lowest BCUT2D eigenvalue weighted by Gasteiger charge is -2.27. The molecule has 0 bridgehead atoms. The Morgan fingerprint density at radius 2 is 2.43 bits per heavy atom. The second-order valence-electron chi connectivity index (χ2n) is 3.27. The van der Waals surface area contributed by atoms with E-state index in [9.17, 15) is 0 Å². The van der Waals surface area contributed by atoms with Gasteiger partial charge in [0.2, 0.25) is 0 Å². The highest BCUT2D eigenvalue weighted by Crippen LogP contribution is 2.32.